The Morgan fingerprint density at radius 3 is 2.19 bits per heavy atom. The first-order valence-electron chi connectivity index (χ1n) is 14.0. The van der Waals surface area contributed by atoms with E-state index in [4.69, 9.17) is 4.74 Å². The summed E-state index contributed by atoms with van der Waals surface area (Å²) >= 11 is 0. The summed E-state index contributed by atoms with van der Waals surface area (Å²) in [7, 11) is 0. The minimum absolute atomic E-state index is 0.0180. The molecular formula is C30H42O6. The molecule has 1 aliphatic heterocycles. The molecule has 0 aromatic heterocycles. The number of carbonyl (C=O) groups is 3. The summed E-state index contributed by atoms with van der Waals surface area (Å²) in [6.07, 6.45) is 6.33. The van der Waals surface area contributed by atoms with Crippen molar-refractivity contribution in [1.29, 1.82) is 0 Å². The average Bonchev–Trinajstić information content (AvgIpc) is 3.33. The van der Waals surface area contributed by atoms with Crippen LogP contribution in [0.3, 0.4) is 0 Å². The SMILES string of the molecule is C=C(C)[C@]12CC[C@@]3(CC[C@]4(C(=O)O)[C@H](CC[C@@H]5[C@@]6(C)[C@@H](C(=O)O)CC(C)(C)[C@@H]6CC[C@]54C)[C@H]31)C(=O)O2. The fourth-order valence-corrected chi connectivity index (χ4v) is 12.3. The van der Waals surface area contributed by atoms with Crippen molar-refractivity contribution in [2.75, 3.05) is 0 Å². The number of hydrogen-bond donors (Lipinski definition) is 2. The maximum atomic E-state index is 13.6. The molecule has 0 aromatic carbocycles. The molecule has 6 fully saturated rings. The molecule has 2 N–H and O–H groups in total. The lowest BCUT2D eigenvalue weighted by atomic mass is 9.33. The average molecular weight is 499 g/mol. The number of carboxylic acids is 2. The Kier molecular flexibility index (Phi) is 4.60. The Morgan fingerprint density at radius 2 is 1.61 bits per heavy atom. The van der Waals surface area contributed by atoms with Gasteiger partial charge in [0.05, 0.1) is 16.7 Å². The predicted molar refractivity (Wildman–Crippen MR) is 133 cm³/mol. The van der Waals surface area contributed by atoms with Crippen LogP contribution >= 0.6 is 0 Å². The fraction of sp³-hybridized carbons (Fsp3) is 0.833. The van der Waals surface area contributed by atoms with Gasteiger partial charge in [-0.3, -0.25) is 14.4 Å². The van der Waals surface area contributed by atoms with E-state index in [1.165, 1.54) is 0 Å². The summed E-state index contributed by atoms with van der Waals surface area (Å²) < 4.78 is 6.15. The highest BCUT2D eigenvalue weighted by Gasteiger charge is 2.81. The second kappa shape index (κ2) is 6.77. The second-order valence-electron chi connectivity index (χ2n) is 14.7. The lowest BCUT2D eigenvalue weighted by Gasteiger charge is -2.69. The van der Waals surface area contributed by atoms with Gasteiger partial charge in [0.25, 0.3) is 0 Å². The van der Waals surface area contributed by atoms with Gasteiger partial charge in [0, 0.05) is 5.92 Å². The Hall–Kier alpha value is -1.85. The van der Waals surface area contributed by atoms with Crippen LogP contribution in [0.5, 0.6) is 0 Å². The van der Waals surface area contributed by atoms with Gasteiger partial charge in [-0.05, 0) is 104 Å². The molecule has 0 radical (unpaired) electrons. The van der Waals surface area contributed by atoms with Gasteiger partial charge >= 0.3 is 17.9 Å². The first-order chi connectivity index (χ1) is 16.6. The van der Waals surface area contributed by atoms with Crippen molar-refractivity contribution in [1.82, 2.24) is 0 Å². The van der Waals surface area contributed by atoms with Crippen molar-refractivity contribution < 1.29 is 29.3 Å². The van der Waals surface area contributed by atoms with E-state index in [9.17, 15) is 24.6 Å². The zero-order valence-corrected chi connectivity index (χ0v) is 22.5. The van der Waals surface area contributed by atoms with Gasteiger partial charge in [-0.2, -0.15) is 0 Å². The Labute approximate surface area is 214 Å². The summed E-state index contributed by atoms with van der Waals surface area (Å²) in [6.45, 7) is 14.9. The van der Waals surface area contributed by atoms with Gasteiger partial charge < -0.3 is 14.9 Å². The lowest BCUT2D eigenvalue weighted by Crippen LogP contribution is -2.68. The van der Waals surface area contributed by atoms with Gasteiger partial charge in [0.15, 0.2) is 0 Å². The summed E-state index contributed by atoms with van der Waals surface area (Å²) in [5.74, 6) is -2.15. The molecular weight excluding hydrogens is 456 g/mol. The Balaban J connectivity index is 1.52. The minimum Gasteiger partial charge on any atom is -0.481 e. The first kappa shape index (κ1) is 24.5. The molecule has 1 saturated heterocycles. The summed E-state index contributed by atoms with van der Waals surface area (Å²) in [4.78, 5) is 39.6. The molecule has 6 aliphatic rings. The van der Waals surface area contributed by atoms with Gasteiger partial charge in [-0.25, -0.2) is 0 Å². The van der Waals surface area contributed by atoms with Crippen LogP contribution in [-0.2, 0) is 19.1 Å². The molecule has 1 heterocycles. The van der Waals surface area contributed by atoms with E-state index < -0.39 is 45.1 Å². The van der Waals surface area contributed by atoms with Crippen LogP contribution in [0.2, 0.25) is 0 Å². The third-order valence-electron chi connectivity index (χ3n) is 13.6. The van der Waals surface area contributed by atoms with Crippen LogP contribution < -0.4 is 0 Å². The zero-order valence-electron chi connectivity index (χ0n) is 22.5. The van der Waals surface area contributed by atoms with Crippen molar-refractivity contribution in [3.63, 3.8) is 0 Å². The van der Waals surface area contributed by atoms with Crippen LogP contribution in [0.25, 0.3) is 0 Å². The van der Waals surface area contributed by atoms with E-state index >= 15 is 0 Å². The number of hydrogen-bond acceptors (Lipinski definition) is 4. The van der Waals surface area contributed by atoms with Crippen LogP contribution in [0.1, 0.15) is 92.4 Å². The molecule has 5 aliphatic carbocycles. The van der Waals surface area contributed by atoms with Crippen molar-refractivity contribution in [2.45, 2.75) is 98.0 Å². The monoisotopic (exact) mass is 498 g/mol. The van der Waals surface area contributed by atoms with Crippen molar-refractivity contribution in [3.05, 3.63) is 12.2 Å². The van der Waals surface area contributed by atoms with E-state index in [-0.39, 0.29) is 35.1 Å². The number of aliphatic carboxylic acids is 2. The topological polar surface area (TPSA) is 101 Å². The molecule has 0 spiro atoms. The minimum atomic E-state index is -0.993. The normalized spacial score (nSPS) is 54.0. The van der Waals surface area contributed by atoms with Crippen LogP contribution in [0, 0.1) is 56.7 Å². The molecule has 198 valence electrons. The molecule has 0 aromatic rings. The van der Waals surface area contributed by atoms with Gasteiger partial charge in [0.1, 0.15) is 5.60 Å². The van der Waals surface area contributed by atoms with Gasteiger partial charge in [-0.15, -0.1) is 0 Å². The highest BCUT2D eigenvalue weighted by molar-refractivity contribution is 5.85. The maximum absolute atomic E-state index is 13.6. The van der Waals surface area contributed by atoms with Crippen molar-refractivity contribution in [2.24, 2.45) is 56.7 Å². The van der Waals surface area contributed by atoms with Crippen molar-refractivity contribution >= 4 is 17.9 Å². The number of carboxylic acid groups (broad SMARTS) is 2. The fourth-order valence-electron chi connectivity index (χ4n) is 12.3. The number of ether oxygens (including phenoxy) is 1. The van der Waals surface area contributed by atoms with E-state index in [2.05, 4.69) is 34.3 Å². The number of rotatable bonds is 3. The second-order valence-corrected chi connectivity index (χ2v) is 14.7. The Morgan fingerprint density at radius 1 is 0.944 bits per heavy atom. The number of esters is 1. The largest absolute Gasteiger partial charge is 0.481 e. The number of fused-ring (bicyclic) bond motifs is 5. The van der Waals surface area contributed by atoms with E-state index in [0.717, 1.165) is 37.7 Å². The van der Waals surface area contributed by atoms with Gasteiger partial charge in [0.2, 0.25) is 0 Å². The molecule has 6 rings (SSSR count). The van der Waals surface area contributed by atoms with Crippen molar-refractivity contribution in [3.8, 4) is 0 Å². The van der Waals surface area contributed by atoms with Crippen LogP contribution in [-0.4, -0.2) is 33.7 Å². The first-order valence-corrected chi connectivity index (χ1v) is 14.0. The predicted octanol–water partition coefficient (Wildman–Crippen LogP) is 5.70. The highest BCUT2D eigenvalue weighted by atomic mass is 16.6. The summed E-state index contributed by atoms with van der Waals surface area (Å²) in [5, 5.41) is 21.5. The standard InChI is InChI=1S/C30H42O6/c1-16(2)30-14-12-28(24(35)36-30)11-13-29(23(33)34)17(21(28)30)7-8-20-26(29,5)10-9-19-25(3,4)15-18(22(31)32)27(19,20)6/h17-21H,1,7-15H2,2-6H3,(H,31,32)(H,33,34)/t17-,18-,19+,20+,21-,26-,27+,28-,29-,30-/m1/s1. The summed E-state index contributed by atoms with van der Waals surface area (Å²) in [5.41, 5.74) is -2.57. The Bertz CT molecular complexity index is 1090. The third kappa shape index (κ3) is 2.31. The highest BCUT2D eigenvalue weighted by Crippen LogP contribution is 2.80. The molecule has 5 saturated carbocycles. The van der Waals surface area contributed by atoms with E-state index in [0.29, 0.717) is 25.7 Å². The quantitative estimate of drug-likeness (QED) is 0.382. The van der Waals surface area contributed by atoms with E-state index in [1.807, 2.05) is 6.92 Å². The summed E-state index contributed by atoms with van der Waals surface area (Å²) in [6, 6.07) is 0. The molecule has 2 bridgehead atoms. The van der Waals surface area contributed by atoms with Gasteiger partial charge in [-0.1, -0.05) is 34.3 Å². The number of carbonyl (C=O) groups excluding carboxylic acids is 1. The van der Waals surface area contributed by atoms with Crippen LogP contribution in [0.4, 0.5) is 0 Å². The smallest absolute Gasteiger partial charge is 0.313 e. The molecule has 0 amide bonds. The molecule has 36 heavy (non-hydrogen) atoms. The maximum Gasteiger partial charge on any atom is 0.313 e. The zero-order chi connectivity index (χ0) is 26.3. The third-order valence-corrected chi connectivity index (χ3v) is 13.6. The molecule has 10 atom stereocenters. The molecule has 0 unspecified atom stereocenters. The molecule has 6 heteroatoms. The van der Waals surface area contributed by atoms with E-state index in [1.54, 1.807) is 0 Å². The lowest BCUT2D eigenvalue weighted by molar-refractivity contribution is -0.235. The molecule has 6 nitrogen and oxygen atoms in total. The van der Waals surface area contributed by atoms with Crippen LogP contribution in [0.15, 0.2) is 12.2 Å².